The smallest absolute Gasteiger partial charge is 0.224 e. The fraction of sp³-hybridized carbons (Fsp3) is 0.278. The van der Waals surface area contributed by atoms with Crippen molar-refractivity contribution in [2.75, 3.05) is 20.8 Å². The first-order valence-electron chi connectivity index (χ1n) is 7.24. The monoisotopic (exact) mass is 299 g/mol. The van der Waals surface area contributed by atoms with E-state index < -0.39 is 0 Å². The van der Waals surface area contributed by atoms with Gasteiger partial charge in [0.15, 0.2) is 0 Å². The Bertz CT molecular complexity index is 611. The van der Waals surface area contributed by atoms with Crippen LogP contribution in [0.4, 0.5) is 0 Å². The van der Waals surface area contributed by atoms with E-state index in [-0.39, 0.29) is 5.91 Å². The number of amides is 1. The molecule has 0 aromatic heterocycles. The topological polar surface area (TPSA) is 47.6 Å². The first-order valence-corrected chi connectivity index (χ1v) is 7.24. The maximum atomic E-state index is 11.9. The van der Waals surface area contributed by atoms with Crippen LogP contribution in [0.5, 0.6) is 11.5 Å². The summed E-state index contributed by atoms with van der Waals surface area (Å²) >= 11 is 0. The minimum atomic E-state index is 0.0214. The average molecular weight is 299 g/mol. The molecule has 2 aromatic rings. The van der Waals surface area contributed by atoms with Crippen LogP contribution in [0.1, 0.15) is 11.1 Å². The number of carbonyl (C=O) groups excluding carboxylic acids is 1. The number of benzene rings is 2. The normalized spacial score (nSPS) is 10.1. The summed E-state index contributed by atoms with van der Waals surface area (Å²) in [6, 6.07) is 15.4. The van der Waals surface area contributed by atoms with Crippen LogP contribution in [0.2, 0.25) is 0 Å². The van der Waals surface area contributed by atoms with E-state index in [1.165, 1.54) is 0 Å². The molecule has 22 heavy (non-hydrogen) atoms. The van der Waals surface area contributed by atoms with E-state index >= 15 is 0 Å². The fourth-order valence-electron chi connectivity index (χ4n) is 2.26. The summed E-state index contributed by atoms with van der Waals surface area (Å²) < 4.78 is 10.5. The predicted molar refractivity (Wildman–Crippen MR) is 86.4 cm³/mol. The van der Waals surface area contributed by atoms with Crippen LogP contribution < -0.4 is 14.8 Å². The van der Waals surface area contributed by atoms with Crippen LogP contribution in [0, 0.1) is 0 Å². The van der Waals surface area contributed by atoms with Crippen LogP contribution in [-0.2, 0) is 17.6 Å². The molecule has 1 N–H and O–H groups in total. The van der Waals surface area contributed by atoms with Crippen molar-refractivity contribution < 1.29 is 14.3 Å². The summed E-state index contributed by atoms with van der Waals surface area (Å²) in [6.45, 7) is 0.565. The minimum Gasteiger partial charge on any atom is -0.497 e. The summed E-state index contributed by atoms with van der Waals surface area (Å²) in [5.74, 6) is 1.61. The molecule has 0 unspecified atom stereocenters. The van der Waals surface area contributed by atoms with Crippen molar-refractivity contribution in [3.05, 3.63) is 59.7 Å². The molecule has 0 saturated heterocycles. The van der Waals surface area contributed by atoms with Crippen molar-refractivity contribution in [2.24, 2.45) is 0 Å². The Kier molecular flexibility index (Phi) is 5.83. The van der Waals surface area contributed by atoms with E-state index in [2.05, 4.69) is 5.32 Å². The summed E-state index contributed by atoms with van der Waals surface area (Å²) in [5, 5.41) is 2.93. The van der Waals surface area contributed by atoms with E-state index in [0.29, 0.717) is 19.4 Å². The third-order valence-electron chi connectivity index (χ3n) is 3.41. The zero-order valence-electron chi connectivity index (χ0n) is 13.0. The number of ether oxygens (including phenoxy) is 2. The van der Waals surface area contributed by atoms with Gasteiger partial charge in [-0.15, -0.1) is 0 Å². The van der Waals surface area contributed by atoms with Crippen molar-refractivity contribution >= 4 is 5.91 Å². The van der Waals surface area contributed by atoms with Crippen LogP contribution in [0.25, 0.3) is 0 Å². The number of methoxy groups -OCH3 is 2. The van der Waals surface area contributed by atoms with Crippen molar-refractivity contribution in [2.45, 2.75) is 12.8 Å². The summed E-state index contributed by atoms with van der Waals surface area (Å²) in [6.07, 6.45) is 1.09. The second-order valence-corrected chi connectivity index (χ2v) is 4.94. The molecule has 116 valence electrons. The Morgan fingerprint density at radius 3 is 2.50 bits per heavy atom. The van der Waals surface area contributed by atoms with E-state index in [4.69, 9.17) is 9.47 Å². The predicted octanol–water partition coefficient (Wildman–Crippen LogP) is 2.61. The highest BCUT2D eigenvalue weighted by molar-refractivity contribution is 5.78. The van der Waals surface area contributed by atoms with Crippen molar-refractivity contribution in [3.8, 4) is 11.5 Å². The molecule has 0 saturated carbocycles. The van der Waals surface area contributed by atoms with Gasteiger partial charge < -0.3 is 14.8 Å². The lowest BCUT2D eigenvalue weighted by Gasteiger charge is -2.11. The maximum absolute atomic E-state index is 11.9. The highest BCUT2D eigenvalue weighted by Gasteiger charge is 2.07. The highest BCUT2D eigenvalue weighted by Crippen LogP contribution is 2.24. The van der Waals surface area contributed by atoms with Crippen molar-refractivity contribution in [3.63, 3.8) is 0 Å². The zero-order valence-corrected chi connectivity index (χ0v) is 13.0. The molecule has 0 atom stereocenters. The standard InChI is InChI=1S/C18H21NO3/c1-21-16-8-9-17(22-2)15(13-16)10-11-19-18(20)12-14-6-4-3-5-7-14/h3-9,13H,10-12H2,1-2H3,(H,19,20). The van der Waals surface area contributed by atoms with E-state index in [9.17, 15) is 4.79 Å². The van der Waals surface area contributed by atoms with Crippen molar-refractivity contribution in [1.29, 1.82) is 0 Å². The Hall–Kier alpha value is -2.49. The lowest BCUT2D eigenvalue weighted by atomic mass is 10.1. The molecule has 0 radical (unpaired) electrons. The van der Waals surface area contributed by atoms with E-state index in [0.717, 1.165) is 22.6 Å². The maximum Gasteiger partial charge on any atom is 0.224 e. The van der Waals surface area contributed by atoms with Crippen LogP contribution >= 0.6 is 0 Å². The zero-order chi connectivity index (χ0) is 15.8. The molecule has 0 fully saturated rings. The quantitative estimate of drug-likeness (QED) is 0.855. The Labute approximate surface area is 131 Å². The molecule has 2 rings (SSSR count). The van der Waals surface area contributed by atoms with Gasteiger partial charge in [-0.05, 0) is 35.7 Å². The molecule has 1 amide bonds. The van der Waals surface area contributed by atoms with E-state index in [1.807, 2.05) is 48.5 Å². The first-order chi connectivity index (χ1) is 10.7. The van der Waals surface area contributed by atoms with E-state index in [1.54, 1.807) is 14.2 Å². The Morgan fingerprint density at radius 1 is 1.05 bits per heavy atom. The van der Waals surface area contributed by atoms with Gasteiger partial charge in [0.2, 0.25) is 5.91 Å². The van der Waals surface area contributed by atoms with Crippen LogP contribution in [-0.4, -0.2) is 26.7 Å². The number of hydrogen-bond acceptors (Lipinski definition) is 3. The molecule has 0 aliphatic rings. The number of hydrogen-bond donors (Lipinski definition) is 1. The largest absolute Gasteiger partial charge is 0.497 e. The number of carbonyl (C=O) groups is 1. The number of nitrogens with one attached hydrogen (secondary N) is 1. The van der Waals surface area contributed by atoms with Gasteiger partial charge in [-0.1, -0.05) is 30.3 Å². The average Bonchev–Trinajstić information content (AvgIpc) is 2.55. The van der Waals surface area contributed by atoms with Crippen molar-refractivity contribution in [1.82, 2.24) is 5.32 Å². The summed E-state index contributed by atoms with van der Waals surface area (Å²) in [4.78, 5) is 11.9. The van der Waals surface area contributed by atoms with Gasteiger partial charge in [-0.2, -0.15) is 0 Å². The summed E-state index contributed by atoms with van der Waals surface area (Å²) in [7, 11) is 3.27. The molecular weight excluding hydrogens is 278 g/mol. The lowest BCUT2D eigenvalue weighted by Crippen LogP contribution is -2.27. The third kappa shape index (κ3) is 4.52. The van der Waals surface area contributed by atoms with Gasteiger partial charge in [0.1, 0.15) is 11.5 Å². The van der Waals surface area contributed by atoms with Crippen LogP contribution in [0.15, 0.2) is 48.5 Å². The van der Waals surface area contributed by atoms with Crippen LogP contribution in [0.3, 0.4) is 0 Å². The fourth-order valence-corrected chi connectivity index (χ4v) is 2.26. The minimum absolute atomic E-state index is 0.0214. The molecule has 0 aliphatic heterocycles. The lowest BCUT2D eigenvalue weighted by molar-refractivity contribution is -0.120. The Balaban J connectivity index is 1.86. The molecule has 4 nitrogen and oxygen atoms in total. The van der Waals surface area contributed by atoms with Gasteiger partial charge in [-0.3, -0.25) is 4.79 Å². The van der Waals surface area contributed by atoms with Gasteiger partial charge in [0, 0.05) is 6.54 Å². The number of rotatable bonds is 7. The van der Waals surface area contributed by atoms with Gasteiger partial charge >= 0.3 is 0 Å². The molecule has 0 heterocycles. The molecule has 0 spiro atoms. The Morgan fingerprint density at radius 2 is 1.82 bits per heavy atom. The third-order valence-corrected chi connectivity index (χ3v) is 3.41. The first kappa shape index (κ1) is 15.9. The second-order valence-electron chi connectivity index (χ2n) is 4.94. The van der Waals surface area contributed by atoms with Gasteiger partial charge in [0.25, 0.3) is 0 Å². The van der Waals surface area contributed by atoms with Gasteiger partial charge in [-0.25, -0.2) is 0 Å². The van der Waals surface area contributed by atoms with Gasteiger partial charge in [0.05, 0.1) is 20.6 Å². The molecule has 0 aliphatic carbocycles. The molecule has 4 heteroatoms. The second kappa shape index (κ2) is 8.08. The highest BCUT2D eigenvalue weighted by atomic mass is 16.5. The molecule has 0 bridgehead atoms. The summed E-state index contributed by atoms with van der Waals surface area (Å²) in [5.41, 5.74) is 2.03. The molecular formula is C18H21NO3. The SMILES string of the molecule is COc1ccc(OC)c(CCNC(=O)Cc2ccccc2)c1. The molecule has 2 aromatic carbocycles.